The Morgan fingerprint density at radius 2 is 1.32 bits per heavy atom. The van der Waals surface area contributed by atoms with E-state index in [0.717, 1.165) is 36.8 Å². The van der Waals surface area contributed by atoms with Gasteiger partial charge in [-0.1, -0.05) is 57.4 Å². The summed E-state index contributed by atoms with van der Waals surface area (Å²) in [5, 5.41) is 19.2. The third kappa shape index (κ3) is 5.06. The van der Waals surface area contributed by atoms with Crippen molar-refractivity contribution in [2.45, 2.75) is 89.3 Å². The van der Waals surface area contributed by atoms with E-state index >= 15 is 0 Å². The predicted octanol–water partition coefficient (Wildman–Crippen LogP) is 6.20. The smallest absolute Gasteiger partial charge is 0.347 e. The molecule has 0 bridgehead atoms. The number of carboxylic acids is 2. The Balaban J connectivity index is 1.96. The molecule has 0 aliphatic heterocycles. The number of carboxylic acid groups (broad SMARTS) is 2. The highest BCUT2D eigenvalue weighted by Gasteiger charge is 2.38. The molecule has 1 aliphatic rings. The van der Waals surface area contributed by atoms with Gasteiger partial charge >= 0.3 is 11.9 Å². The van der Waals surface area contributed by atoms with Crippen molar-refractivity contribution in [3.63, 3.8) is 0 Å². The molecule has 0 aromatic heterocycles. The predicted molar refractivity (Wildman–Crippen MR) is 131 cm³/mol. The molecule has 34 heavy (non-hydrogen) atoms. The highest BCUT2D eigenvalue weighted by Crippen LogP contribution is 2.46. The molecule has 2 aromatic rings. The molecule has 1 aliphatic carbocycles. The summed E-state index contributed by atoms with van der Waals surface area (Å²) in [7, 11) is 0. The molecule has 1 fully saturated rings. The van der Waals surface area contributed by atoms with Crippen LogP contribution in [-0.4, -0.2) is 33.4 Å². The average molecular weight is 469 g/mol. The van der Waals surface area contributed by atoms with Crippen LogP contribution >= 0.6 is 0 Å². The number of benzene rings is 2. The van der Waals surface area contributed by atoms with E-state index in [-0.39, 0.29) is 5.41 Å². The van der Waals surface area contributed by atoms with Gasteiger partial charge in [0.1, 0.15) is 11.5 Å². The Bertz CT molecular complexity index is 1010. The van der Waals surface area contributed by atoms with Crippen molar-refractivity contribution in [1.29, 1.82) is 0 Å². The lowest BCUT2D eigenvalue weighted by Gasteiger charge is -2.39. The monoisotopic (exact) mass is 468 g/mol. The molecular formula is C28H36O6. The maximum absolute atomic E-state index is 11.7. The number of aliphatic carboxylic acids is 2. The number of carbonyl (C=O) groups is 2. The third-order valence-corrected chi connectivity index (χ3v) is 7.44. The van der Waals surface area contributed by atoms with E-state index < -0.39 is 23.1 Å². The summed E-state index contributed by atoms with van der Waals surface area (Å²) in [5.74, 6) is -0.892. The zero-order chi connectivity index (χ0) is 25.0. The van der Waals surface area contributed by atoms with Gasteiger partial charge in [0, 0.05) is 5.41 Å². The van der Waals surface area contributed by atoms with E-state index in [9.17, 15) is 19.8 Å². The summed E-state index contributed by atoms with van der Waals surface area (Å²) < 4.78 is 11.8. The van der Waals surface area contributed by atoms with Crippen LogP contribution in [0.25, 0.3) is 0 Å². The number of hydrogen-bond donors (Lipinski definition) is 2. The van der Waals surface area contributed by atoms with E-state index in [4.69, 9.17) is 9.47 Å². The van der Waals surface area contributed by atoms with Crippen molar-refractivity contribution in [3.8, 4) is 11.5 Å². The first-order valence-corrected chi connectivity index (χ1v) is 12.1. The topological polar surface area (TPSA) is 93.1 Å². The van der Waals surface area contributed by atoms with Crippen molar-refractivity contribution in [2.24, 2.45) is 0 Å². The maximum Gasteiger partial charge on any atom is 0.347 e. The van der Waals surface area contributed by atoms with E-state index in [2.05, 4.69) is 6.07 Å². The lowest BCUT2D eigenvalue weighted by atomic mass is 9.65. The fraction of sp³-hybridized carbons (Fsp3) is 0.500. The SMILES string of the molecule is CCC(C)(Oc1ccc(C2(c3cccc(OC(C)(CC)C(=O)O)c3)CCCCC2)cc1)C(=O)O. The van der Waals surface area contributed by atoms with Gasteiger partial charge < -0.3 is 19.7 Å². The first-order chi connectivity index (χ1) is 16.1. The standard InChI is InChI=1S/C28H36O6/c1-5-26(3,24(29)30)33-22-15-13-20(14-16-22)28(17-8-7-9-18-28)21-11-10-12-23(19-21)34-27(4,6-2)25(31)32/h10-16,19H,5-9,17-18H2,1-4H3,(H,29,30)(H,31,32). The van der Waals surface area contributed by atoms with Crippen molar-refractivity contribution in [1.82, 2.24) is 0 Å². The van der Waals surface area contributed by atoms with Gasteiger partial charge in [-0.05, 0) is 74.9 Å². The van der Waals surface area contributed by atoms with Crippen LogP contribution in [0.4, 0.5) is 0 Å². The molecule has 0 spiro atoms. The molecule has 6 nitrogen and oxygen atoms in total. The van der Waals surface area contributed by atoms with Crippen LogP contribution in [0.3, 0.4) is 0 Å². The van der Waals surface area contributed by atoms with Crippen LogP contribution in [0.5, 0.6) is 11.5 Å². The summed E-state index contributed by atoms with van der Waals surface area (Å²) in [6, 6.07) is 15.6. The average Bonchev–Trinajstić information content (AvgIpc) is 2.84. The summed E-state index contributed by atoms with van der Waals surface area (Å²) in [6.45, 7) is 6.78. The minimum atomic E-state index is -1.28. The fourth-order valence-electron chi connectivity index (χ4n) is 4.65. The van der Waals surface area contributed by atoms with Crippen LogP contribution in [-0.2, 0) is 15.0 Å². The Morgan fingerprint density at radius 1 is 0.794 bits per heavy atom. The summed E-state index contributed by atoms with van der Waals surface area (Å²) in [6.07, 6.45) is 6.03. The van der Waals surface area contributed by atoms with Crippen LogP contribution in [0.2, 0.25) is 0 Å². The van der Waals surface area contributed by atoms with Crippen molar-refractivity contribution in [3.05, 3.63) is 59.7 Å². The largest absolute Gasteiger partial charge is 0.478 e. The Morgan fingerprint density at radius 3 is 1.82 bits per heavy atom. The van der Waals surface area contributed by atoms with Crippen LogP contribution in [0, 0.1) is 0 Å². The molecule has 2 N–H and O–H groups in total. The molecule has 6 heteroatoms. The second-order valence-corrected chi connectivity index (χ2v) is 9.68. The molecule has 1 saturated carbocycles. The van der Waals surface area contributed by atoms with Gasteiger partial charge in [-0.25, -0.2) is 9.59 Å². The molecule has 0 heterocycles. The maximum atomic E-state index is 11.7. The van der Waals surface area contributed by atoms with Crippen molar-refractivity contribution in [2.75, 3.05) is 0 Å². The molecular weight excluding hydrogens is 432 g/mol. The lowest BCUT2D eigenvalue weighted by Crippen LogP contribution is -2.41. The van der Waals surface area contributed by atoms with Crippen LogP contribution < -0.4 is 9.47 Å². The third-order valence-electron chi connectivity index (χ3n) is 7.44. The highest BCUT2D eigenvalue weighted by atomic mass is 16.5. The Kier molecular flexibility index (Phi) is 7.59. The zero-order valence-electron chi connectivity index (χ0n) is 20.6. The second-order valence-electron chi connectivity index (χ2n) is 9.68. The minimum Gasteiger partial charge on any atom is -0.478 e. The van der Waals surface area contributed by atoms with E-state index in [0.29, 0.717) is 24.3 Å². The van der Waals surface area contributed by atoms with Crippen molar-refractivity contribution >= 4 is 11.9 Å². The van der Waals surface area contributed by atoms with Gasteiger partial charge in [-0.2, -0.15) is 0 Å². The molecule has 3 rings (SSSR count). The molecule has 2 atom stereocenters. The molecule has 2 unspecified atom stereocenters. The van der Waals surface area contributed by atoms with Gasteiger partial charge in [0.2, 0.25) is 11.2 Å². The zero-order valence-corrected chi connectivity index (χ0v) is 20.6. The van der Waals surface area contributed by atoms with Gasteiger partial charge in [0.25, 0.3) is 0 Å². The number of ether oxygens (including phenoxy) is 2. The van der Waals surface area contributed by atoms with Crippen LogP contribution in [0.15, 0.2) is 48.5 Å². The molecule has 0 saturated heterocycles. The van der Waals surface area contributed by atoms with Gasteiger partial charge in [0.15, 0.2) is 0 Å². The first kappa shape index (κ1) is 25.6. The summed E-state index contributed by atoms with van der Waals surface area (Å²) in [5.41, 5.74) is -0.532. The summed E-state index contributed by atoms with van der Waals surface area (Å²) >= 11 is 0. The number of rotatable bonds is 10. The van der Waals surface area contributed by atoms with E-state index in [1.807, 2.05) is 42.5 Å². The van der Waals surface area contributed by atoms with Crippen molar-refractivity contribution < 1.29 is 29.3 Å². The molecule has 0 amide bonds. The Hall–Kier alpha value is -3.02. The molecule has 2 aromatic carbocycles. The fourth-order valence-corrected chi connectivity index (χ4v) is 4.65. The highest BCUT2D eigenvalue weighted by molar-refractivity contribution is 5.77. The molecule has 0 radical (unpaired) electrons. The van der Waals surface area contributed by atoms with E-state index in [1.54, 1.807) is 27.7 Å². The normalized spacial score (nSPS) is 18.8. The second kappa shape index (κ2) is 10.1. The van der Waals surface area contributed by atoms with Crippen LogP contribution in [0.1, 0.15) is 83.8 Å². The van der Waals surface area contributed by atoms with Gasteiger partial charge in [-0.15, -0.1) is 0 Å². The Labute approximate surface area is 201 Å². The minimum absolute atomic E-state index is 0.219. The van der Waals surface area contributed by atoms with Gasteiger partial charge in [-0.3, -0.25) is 0 Å². The number of hydrogen-bond acceptors (Lipinski definition) is 4. The quantitative estimate of drug-likeness (QED) is 0.431. The van der Waals surface area contributed by atoms with Gasteiger partial charge in [0.05, 0.1) is 0 Å². The first-order valence-electron chi connectivity index (χ1n) is 12.1. The lowest BCUT2D eigenvalue weighted by molar-refractivity contribution is -0.154. The molecule has 184 valence electrons. The van der Waals surface area contributed by atoms with E-state index in [1.165, 1.54) is 6.42 Å². The summed E-state index contributed by atoms with van der Waals surface area (Å²) in [4.78, 5) is 23.4.